The van der Waals surface area contributed by atoms with Crippen molar-refractivity contribution in [1.29, 1.82) is 0 Å². The average Bonchev–Trinajstić information content (AvgIpc) is 3.18. The van der Waals surface area contributed by atoms with Gasteiger partial charge in [-0.2, -0.15) is 0 Å². The molecule has 0 unspecified atom stereocenters. The molecule has 1 aliphatic heterocycles. The predicted molar refractivity (Wildman–Crippen MR) is 118 cm³/mol. The Labute approximate surface area is 172 Å². The van der Waals surface area contributed by atoms with E-state index in [-0.39, 0.29) is 12.5 Å². The number of aromatic nitrogens is 1. The Bertz CT molecular complexity index is 1210. The van der Waals surface area contributed by atoms with Crippen molar-refractivity contribution >= 4 is 51.4 Å². The molecule has 0 saturated carbocycles. The molecule has 2 amide bonds. The number of hydrogen-bond acceptors (Lipinski definition) is 4. The second-order valence-electron chi connectivity index (χ2n) is 6.97. The Kier molecular flexibility index (Phi) is 4.98. The van der Waals surface area contributed by atoms with Gasteiger partial charge in [-0.25, -0.2) is 4.99 Å². The lowest BCUT2D eigenvalue weighted by atomic mass is 10.1. The number of carbonyl (C=O) groups is 2. The molecule has 3 aromatic rings. The number of aryl methyl sites for hydroxylation is 2. The zero-order chi connectivity index (χ0) is 20.5. The monoisotopic (exact) mass is 404 g/mol. The van der Waals surface area contributed by atoms with E-state index in [9.17, 15) is 9.59 Å². The van der Waals surface area contributed by atoms with Crippen LogP contribution in [0.1, 0.15) is 16.7 Å². The molecule has 0 bridgehead atoms. The number of nitrogens with one attached hydrogen (secondary N) is 1. The van der Waals surface area contributed by atoms with Crippen LogP contribution in [0.15, 0.2) is 58.6 Å². The number of aliphatic imine (C=N–C) groups is 1. The van der Waals surface area contributed by atoms with Crippen LogP contribution in [-0.2, 0) is 16.1 Å². The standard InChI is InChI=1S/C22H20N4O2S/c1-13-7-8-17(14(2)9-13)24-22-25-21(28)19(29-22)10-15-11-26(12-20(23)27)18-6-4-3-5-16(15)18/h3-11H,12H2,1-2H3,(H2,23,27)(H,24,25,28)/b19-10-. The summed E-state index contributed by atoms with van der Waals surface area (Å²) in [5, 5.41) is 4.33. The van der Waals surface area contributed by atoms with Gasteiger partial charge in [0.15, 0.2) is 5.17 Å². The lowest BCUT2D eigenvalue weighted by molar-refractivity contribution is -0.118. The van der Waals surface area contributed by atoms with E-state index >= 15 is 0 Å². The van der Waals surface area contributed by atoms with Crippen LogP contribution >= 0.6 is 11.8 Å². The van der Waals surface area contributed by atoms with E-state index in [0.29, 0.717) is 10.1 Å². The van der Waals surface area contributed by atoms with E-state index in [1.807, 2.05) is 62.5 Å². The second-order valence-corrected chi connectivity index (χ2v) is 8.00. The van der Waals surface area contributed by atoms with Crippen molar-refractivity contribution in [3.05, 3.63) is 70.3 Å². The Morgan fingerprint density at radius 2 is 2.03 bits per heavy atom. The molecule has 0 aliphatic carbocycles. The normalized spacial score (nSPS) is 16.7. The number of primary amides is 1. The topological polar surface area (TPSA) is 89.5 Å². The summed E-state index contributed by atoms with van der Waals surface area (Å²) in [5.74, 6) is -0.605. The van der Waals surface area contributed by atoms with E-state index in [2.05, 4.69) is 16.4 Å². The minimum absolute atomic E-state index is 0.0857. The summed E-state index contributed by atoms with van der Waals surface area (Å²) < 4.78 is 1.80. The Morgan fingerprint density at radius 1 is 1.24 bits per heavy atom. The summed E-state index contributed by atoms with van der Waals surface area (Å²) in [7, 11) is 0. The minimum atomic E-state index is -0.416. The van der Waals surface area contributed by atoms with E-state index < -0.39 is 5.91 Å². The van der Waals surface area contributed by atoms with Crippen LogP contribution in [0.25, 0.3) is 17.0 Å². The average molecular weight is 404 g/mol. The lowest BCUT2D eigenvalue weighted by Gasteiger charge is -2.02. The number of fused-ring (bicyclic) bond motifs is 1. The SMILES string of the molecule is Cc1ccc(N=C2NC(=O)/C(=C/c3cn(CC(N)=O)c4ccccc34)S2)c(C)c1. The summed E-state index contributed by atoms with van der Waals surface area (Å²) in [6, 6.07) is 13.7. The van der Waals surface area contributed by atoms with Crippen LogP contribution in [0.5, 0.6) is 0 Å². The van der Waals surface area contributed by atoms with Crippen molar-refractivity contribution in [1.82, 2.24) is 9.88 Å². The van der Waals surface area contributed by atoms with Gasteiger partial charge in [0, 0.05) is 22.7 Å². The van der Waals surface area contributed by atoms with E-state index in [4.69, 9.17) is 5.73 Å². The Hall–Kier alpha value is -3.32. The molecule has 1 aliphatic rings. The zero-order valence-corrected chi connectivity index (χ0v) is 16.9. The number of nitrogens with zero attached hydrogens (tertiary/aromatic N) is 2. The molecule has 6 nitrogen and oxygen atoms in total. The molecule has 2 aromatic carbocycles. The van der Waals surface area contributed by atoms with Crippen LogP contribution in [-0.4, -0.2) is 21.5 Å². The number of rotatable bonds is 4. The minimum Gasteiger partial charge on any atom is -0.368 e. The molecular formula is C22H20N4O2S. The number of benzene rings is 2. The highest BCUT2D eigenvalue weighted by Crippen LogP contribution is 2.31. The fourth-order valence-corrected chi connectivity index (χ4v) is 4.18. The lowest BCUT2D eigenvalue weighted by Crippen LogP contribution is -2.19. The maximum Gasteiger partial charge on any atom is 0.264 e. The van der Waals surface area contributed by atoms with Gasteiger partial charge in [-0.3, -0.25) is 9.59 Å². The van der Waals surface area contributed by atoms with Crippen molar-refractivity contribution < 1.29 is 9.59 Å². The van der Waals surface area contributed by atoms with Crippen molar-refractivity contribution in [2.24, 2.45) is 10.7 Å². The highest BCUT2D eigenvalue weighted by atomic mass is 32.2. The zero-order valence-electron chi connectivity index (χ0n) is 16.1. The number of amidine groups is 1. The number of carbonyl (C=O) groups excluding carboxylic acids is 2. The van der Waals surface area contributed by atoms with Crippen molar-refractivity contribution in [3.63, 3.8) is 0 Å². The summed E-state index contributed by atoms with van der Waals surface area (Å²) in [6.07, 6.45) is 3.67. The molecule has 2 heterocycles. The van der Waals surface area contributed by atoms with Gasteiger partial charge in [-0.1, -0.05) is 35.9 Å². The maximum atomic E-state index is 12.5. The fourth-order valence-electron chi connectivity index (χ4n) is 3.35. The fraction of sp³-hybridized carbons (Fsp3) is 0.136. The number of nitrogens with two attached hydrogens (primary N) is 1. The van der Waals surface area contributed by atoms with Crippen molar-refractivity contribution in [2.45, 2.75) is 20.4 Å². The van der Waals surface area contributed by atoms with Crippen LogP contribution in [0.3, 0.4) is 0 Å². The molecule has 29 heavy (non-hydrogen) atoms. The first-order valence-corrected chi connectivity index (χ1v) is 9.95. The Morgan fingerprint density at radius 3 is 2.79 bits per heavy atom. The van der Waals surface area contributed by atoms with Gasteiger partial charge in [-0.15, -0.1) is 0 Å². The number of hydrogen-bond donors (Lipinski definition) is 2. The third-order valence-corrected chi connectivity index (χ3v) is 5.57. The summed E-state index contributed by atoms with van der Waals surface area (Å²) in [6.45, 7) is 4.12. The first-order chi connectivity index (χ1) is 13.9. The molecule has 0 atom stereocenters. The quantitative estimate of drug-likeness (QED) is 0.651. The molecule has 1 saturated heterocycles. The Balaban J connectivity index is 1.68. The number of thioether (sulfide) groups is 1. The number of amides is 2. The smallest absolute Gasteiger partial charge is 0.264 e. The predicted octanol–water partition coefficient (Wildman–Crippen LogP) is 3.64. The molecule has 146 valence electrons. The van der Waals surface area contributed by atoms with Crippen molar-refractivity contribution in [2.75, 3.05) is 0 Å². The van der Waals surface area contributed by atoms with Gasteiger partial charge in [0.1, 0.15) is 6.54 Å². The van der Waals surface area contributed by atoms with Crippen LogP contribution < -0.4 is 11.1 Å². The highest BCUT2D eigenvalue weighted by Gasteiger charge is 2.24. The van der Waals surface area contributed by atoms with Gasteiger partial charge < -0.3 is 15.6 Å². The third-order valence-electron chi connectivity index (χ3n) is 4.66. The molecule has 4 rings (SSSR count). The molecular weight excluding hydrogens is 384 g/mol. The molecule has 7 heteroatoms. The van der Waals surface area contributed by atoms with Crippen LogP contribution in [0.4, 0.5) is 5.69 Å². The van der Waals surface area contributed by atoms with Gasteiger partial charge in [0.05, 0.1) is 10.6 Å². The summed E-state index contributed by atoms with van der Waals surface area (Å²) in [4.78, 5) is 29.0. The van der Waals surface area contributed by atoms with Crippen LogP contribution in [0, 0.1) is 13.8 Å². The molecule has 3 N–H and O–H groups in total. The molecule has 1 fully saturated rings. The highest BCUT2D eigenvalue weighted by molar-refractivity contribution is 8.18. The second kappa shape index (κ2) is 7.60. The van der Waals surface area contributed by atoms with Gasteiger partial charge in [-0.05, 0) is 49.4 Å². The third kappa shape index (κ3) is 3.95. The van der Waals surface area contributed by atoms with Gasteiger partial charge in [0.25, 0.3) is 5.91 Å². The number of para-hydroxylation sites is 1. The van der Waals surface area contributed by atoms with Gasteiger partial charge in [0.2, 0.25) is 5.91 Å². The molecule has 0 radical (unpaired) electrons. The van der Waals surface area contributed by atoms with Gasteiger partial charge >= 0.3 is 0 Å². The van der Waals surface area contributed by atoms with Crippen LogP contribution in [0.2, 0.25) is 0 Å². The first-order valence-electron chi connectivity index (χ1n) is 9.14. The van der Waals surface area contributed by atoms with E-state index in [1.54, 1.807) is 4.57 Å². The first kappa shape index (κ1) is 19.0. The maximum absolute atomic E-state index is 12.5. The molecule has 0 spiro atoms. The largest absolute Gasteiger partial charge is 0.368 e. The van der Waals surface area contributed by atoms with E-state index in [0.717, 1.165) is 27.7 Å². The summed E-state index contributed by atoms with van der Waals surface area (Å²) in [5.41, 5.74) is 10.2. The molecule has 1 aromatic heterocycles. The van der Waals surface area contributed by atoms with E-state index in [1.165, 1.54) is 17.3 Å². The summed E-state index contributed by atoms with van der Waals surface area (Å²) >= 11 is 1.30. The van der Waals surface area contributed by atoms with Crippen molar-refractivity contribution in [3.8, 4) is 0 Å².